The molecule has 0 aliphatic heterocycles. The van der Waals surface area contributed by atoms with E-state index in [1.165, 1.54) is 18.4 Å². The molecular formula is C20H28N2O2. The van der Waals surface area contributed by atoms with Crippen molar-refractivity contribution >= 4 is 0 Å². The molecule has 0 saturated carbocycles. The van der Waals surface area contributed by atoms with Gasteiger partial charge < -0.3 is 14.8 Å². The number of hydrogen-bond acceptors (Lipinski definition) is 4. The minimum absolute atomic E-state index is 0.481. The molecule has 0 bridgehead atoms. The maximum atomic E-state index is 5.93. The zero-order chi connectivity index (χ0) is 17.2. The van der Waals surface area contributed by atoms with E-state index in [1.54, 1.807) is 13.3 Å². The molecule has 0 unspecified atom stereocenters. The number of nitrogens with one attached hydrogen (secondary N) is 1. The second kappa shape index (κ2) is 9.93. The predicted molar refractivity (Wildman–Crippen MR) is 97.3 cm³/mol. The number of nitrogens with zero attached hydrogens (tertiary/aromatic N) is 1. The number of ether oxygens (including phenoxy) is 2. The average molecular weight is 328 g/mol. The molecule has 4 nitrogen and oxygen atoms in total. The molecule has 4 heteroatoms. The Bertz CT molecular complexity index is 598. The van der Waals surface area contributed by atoms with Gasteiger partial charge >= 0.3 is 0 Å². The third kappa shape index (κ3) is 5.53. The lowest BCUT2D eigenvalue weighted by atomic mass is 10.0. The number of pyridine rings is 1. The van der Waals surface area contributed by atoms with Crippen LogP contribution in [0.5, 0.6) is 11.5 Å². The van der Waals surface area contributed by atoms with E-state index in [4.69, 9.17) is 9.47 Å². The molecule has 0 fully saturated rings. The Morgan fingerprint density at radius 3 is 2.58 bits per heavy atom. The third-order valence-corrected chi connectivity index (χ3v) is 4.26. The summed E-state index contributed by atoms with van der Waals surface area (Å²) in [6.45, 7) is 6.85. The number of rotatable bonds is 10. The Hall–Kier alpha value is -2.07. The average Bonchev–Trinajstić information content (AvgIpc) is 2.64. The molecular weight excluding hydrogens is 300 g/mol. The van der Waals surface area contributed by atoms with Gasteiger partial charge in [-0.15, -0.1) is 0 Å². The van der Waals surface area contributed by atoms with Crippen LogP contribution in [0.25, 0.3) is 0 Å². The Morgan fingerprint density at radius 2 is 1.92 bits per heavy atom. The first-order valence-electron chi connectivity index (χ1n) is 8.66. The molecule has 0 radical (unpaired) electrons. The van der Waals surface area contributed by atoms with Crippen molar-refractivity contribution in [2.24, 2.45) is 5.92 Å². The molecule has 1 aromatic carbocycles. The van der Waals surface area contributed by atoms with Gasteiger partial charge in [0.2, 0.25) is 0 Å². The standard InChI is InChI=1S/C20H28N2O2/c1-4-16(5-2)12-22-13-17-8-9-19(23-3)20(11-17)24-15-18-7-6-10-21-14-18/h6-11,14,16,22H,4-5,12-13,15H2,1-3H3. The summed E-state index contributed by atoms with van der Waals surface area (Å²) >= 11 is 0. The van der Waals surface area contributed by atoms with E-state index in [0.29, 0.717) is 6.61 Å². The first kappa shape index (κ1) is 18.3. The first-order valence-corrected chi connectivity index (χ1v) is 8.66. The maximum Gasteiger partial charge on any atom is 0.161 e. The van der Waals surface area contributed by atoms with Crippen molar-refractivity contribution in [3.8, 4) is 11.5 Å². The first-order chi connectivity index (χ1) is 11.8. The lowest BCUT2D eigenvalue weighted by Gasteiger charge is -2.15. The topological polar surface area (TPSA) is 43.4 Å². The summed E-state index contributed by atoms with van der Waals surface area (Å²) in [5.74, 6) is 2.26. The van der Waals surface area contributed by atoms with E-state index >= 15 is 0 Å². The minimum Gasteiger partial charge on any atom is -0.493 e. The van der Waals surface area contributed by atoms with Gasteiger partial charge in [-0.2, -0.15) is 0 Å². The van der Waals surface area contributed by atoms with Gasteiger partial charge in [-0.05, 0) is 36.2 Å². The lowest BCUT2D eigenvalue weighted by molar-refractivity contribution is 0.283. The van der Waals surface area contributed by atoms with Crippen molar-refractivity contribution < 1.29 is 9.47 Å². The van der Waals surface area contributed by atoms with Crippen molar-refractivity contribution in [2.45, 2.75) is 39.8 Å². The van der Waals surface area contributed by atoms with Crippen LogP contribution < -0.4 is 14.8 Å². The van der Waals surface area contributed by atoms with E-state index in [1.807, 2.05) is 24.4 Å². The fourth-order valence-electron chi connectivity index (χ4n) is 2.59. The highest BCUT2D eigenvalue weighted by Gasteiger charge is 2.08. The molecule has 0 spiro atoms. The van der Waals surface area contributed by atoms with Crippen molar-refractivity contribution in [2.75, 3.05) is 13.7 Å². The summed E-state index contributed by atoms with van der Waals surface area (Å²) in [6.07, 6.45) is 6.00. The van der Waals surface area contributed by atoms with Gasteiger partial charge in [0.1, 0.15) is 6.61 Å². The Balaban J connectivity index is 1.96. The highest BCUT2D eigenvalue weighted by molar-refractivity contribution is 5.43. The van der Waals surface area contributed by atoms with Crippen LogP contribution in [0.4, 0.5) is 0 Å². The van der Waals surface area contributed by atoms with Crippen LogP contribution in [0.2, 0.25) is 0 Å². The van der Waals surface area contributed by atoms with Crippen molar-refractivity contribution in [3.63, 3.8) is 0 Å². The van der Waals surface area contributed by atoms with E-state index in [0.717, 1.165) is 36.1 Å². The minimum atomic E-state index is 0.481. The van der Waals surface area contributed by atoms with Gasteiger partial charge in [-0.25, -0.2) is 0 Å². The van der Waals surface area contributed by atoms with Gasteiger partial charge in [0.25, 0.3) is 0 Å². The van der Waals surface area contributed by atoms with Gasteiger partial charge in [0.05, 0.1) is 7.11 Å². The summed E-state index contributed by atoms with van der Waals surface area (Å²) in [7, 11) is 1.66. The molecule has 0 saturated heterocycles. The summed E-state index contributed by atoms with van der Waals surface area (Å²) in [6, 6.07) is 10.0. The van der Waals surface area contributed by atoms with Gasteiger partial charge in [-0.3, -0.25) is 4.98 Å². The van der Waals surface area contributed by atoms with Gasteiger partial charge in [0.15, 0.2) is 11.5 Å². The van der Waals surface area contributed by atoms with Crippen molar-refractivity contribution in [1.29, 1.82) is 0 Å². The fraction of sp³-hybridized carbons (Fsp3) is 0.450. The smallest absolute Gasteiger partial charge is 0.161 e. The number of aromatic nitrogens is 1. The number of benzene rings is 1. The number of hydrogen-bond donors (Lipinski definition) is 1. The van der Waals surface area contributed by atoms with Crippen LogP contribution in [0.15, 0.2) is 42.7 Å². The normalized spacial score (nSPS) is 10.8. The van der Waals surface area contributed by atoms with Crippen molar-refractivity contribution in [3.05, 3.63) is 53.9 Å². The Kier molecular flexibility index (Phi) is 7.56. The fourth-order valence-corrected chi connectivity index (χ4v) is 2.59. The molecule has 0 amide bonds. The van der Waals surface area contributed by atoms with Crippen molar-refractivity contribution in [1.82, 2.24) is 10.3 Å². The molecule has 24 heavy (non-hydrogen) atoms. The van der Waals surface area contributed by atoms with Crippen LogP contribution >= 0.6 is 0 Å². The molecule has 1 aromatic heterocycles. The van der Waals surface area contributed by atoms with E-state index < -0.39 is 0 Å². The third-order valence-electron chi connectivity index (χ3n) is 4.26. The van der Waals surface area contributed by atoms with E-state index in [-0.39, 0.29) is 0 Å². The van der Waals surface area contributed by atoms with Gasteiger partial charge in [-0.1, -0.05) is 38.8 Å². The molecule has 2 rings (SSSR count). The zero-order valence-corrected chi connectivity index (χ0v) is 14.9. The summed E-state index contributed by atoms with van der Waals surface area (Å²) in [5.41, 5.74) is 2.24. The van der Waals surface area contributed by atoms with E-state index in [2.05, 4.69) is 36.3 Å². The van der Waals surface area contributed by atoms with Crippen LogP contribution in [-0.4, -0.2) is 18.6 Å². The molecule has 2 aromatic rings. The molecule has 1 heterocycles. The Morgan fingerprint density at radius 1 is 1.08 bits per heavy atom. The highest BCUT2D eigenvalue weighted by Crippen LogP contribution is 2.28. The van der Waals surface area contributed by atoms with Crippen LogP contribution in [0.3, 0.4) is 0 Å². The largest absolute Gasteiger partial charge is 0.493 e. The molecule has 130 valence electrons. The summed E-state index contributed by atoms with van der Waals surface area (Å²) in [4.78, 5) is 4.11. The maximum absolute atomic E-state index is 5.93. The Labute approximate surface area is 145 Å². The summed E-state index contributed by atoms with van der Waals surface area (Å²) in [5, 5.41) is 3.54. The summed E-state index contributed by atoms with van der Waals surface area (Å²) < 4.78 is 11.3. The number of methoxy groups -OCH3 is 1. The van der Waals surface area contributed by atoms with Gasteiger partial charge in [0, 0.05) is 24.5 Å². The molecule has 1 N–H and O–H groups in total. The van der Waals surface area contributed by atoms with E-state index in [9.17, 15) is 0 Å². The quantitative estimate of drug-likeness (QED) is 0.710. The second-order valence-corrected chi connectivity index (χ2v) is 5.95. The zero-order valence-electron chi connectivity index (χ0n) is 14.9. The van der Waals surface area contributed by atoms with Crippen LogP contribution in [0, 0.1) is 5.92 Å². The second-order valence-electron chi connectivity index (χ2n) is 5.95. The molecule has 0 aliphatic carbocycles. The molecule has 0 atom stereocenters. The lowest BCUT2D eigenvalue weighted by Crippen LogP contribution is -2.21. The monoisotopic (exact) mass is 328 g/mol. The van der Waals surface area contributed by atoms with Crippen LogP contribution in [0.1, 0.15) is 37.8 Å². The predicted octanol–water partition coefficient (Wildman–Crippen LogP) is 4.20. The SMILES string of the molecule is CCC(CC)CNCc1ccc(OC)c(OCc2cccnc2)c1. The highest BCUT2D eigenvalue weighted by atomic mass is 16.5. The molecule has 0 aliphatic rings. The van der Waals surface area contributed by atoms with Crippen LogP contribution in [-0.2, 0) is 13.2 Å².